The van der Waals surface area contributed by atoms with Crippen LogP contribution < -0.4 is 9.47 Å². The zero-order chi connectivity index (χ0) is 24.6. The number of nitrogens with zero attached hydrogens (tertiary/aromatic N) is 2. The monoisotopic (exact) mass is 488 g/mol. The second-order valence-electron chi connectivity index (χ2n) is 11.2. The van der Waals surface area contributed by atoms with Gasteiger partial charge in [0, 0.05) is 48.6 Å². The Hall–Kier alpha value is -2.87. The normalized spacial score (nSPS) is 33.2. The number of piperidine rings is 1. The molecule has 1 spiro atoms. The van der Waals surface area contributed by atoms with Crippen LogP contribution in [-0.2, 0) is 24.8 Å². The van der Waals surface area contributed by atoms with Crippen molar-refractivity contribution in [3.63, 3.8) is 0 Å². The Morgan fingerprint density at radius 2 is 2.17 bits per heavy atom. The lowest BCUT2D eigenvalue weighted by Gasteiger charge is -2.62. The summed E-state index contributed by atoms with van der Waals surface area (Å²) in [5.74, 6) is 1.06. The van der Waals surface area contributed by atoms with Crippen molar-refractivity contribution in [1.29, 1.82) is 0 Å². The zero-order valence-electron chi connectivity index (χ0n) is 20.3. The Labute approximate surface area is 208 Å². The molecule has 2 N–H and O–H groups in total. The molecule has 3 aliphatic heterocycles. The van der Waals surface area contributed by atoms with Crippen molar-refractivity contribution in [3.05, 3.63) is 70.7 Å². The van der Waals surface area contributed by atoms with Gasteiger partial charge in [-0.1, -0.05) is 12.1 Å². The molecule has 4 heterocycles. The minimum atomic E-state index is -1.10. The van der Waals surface area contributed by atoms with E-state index >= 15 is 0 Å². The summed E-state index contributed by atoms with van der Waals surface area (Å²) in [5, 5.41) is 24.5. The first-order chi connectivity index (χ1) is 17.4. The summed E-state index contributed by atoms with van der Waals surface area (Å²) in [6.45, 7) is 6.14. The van der Waals surface area contributed by atoms with E-state index < -0.39 is 23.2 Å². The Bertz CT molecular complexity index is 1500. The number of fused-ring (bicyclic) bond motifs is 4. The third kappa shape index (κ3) is 2.17. The standard InChI is InChI=1S/C29H29FN2O4/c1-3-8-31-10-7-28-23-15-4-5-21(35-2)26(23)36-27(28)25-19(14-29(28,34)22(31)11-15)17-12-16(30)13-18-20(33)6-9-32(25)24(17)18/h3-5,12-13,20,22,27,33-34H,1,6-11,14H2,2H3/t20-,22-,27+,28+,29-/m1/s1. The van der Waals surface area contributed by atoms with Crippen LogP contribution in [0.2, 0.25) is 0 Å². The van der Waals surface area contributed by atoms with E-state index in [1.54, 1.807) is 13.2 Å². The van der Waals surface area contributed by atoms with Gasteiger partial charge in [-0.05, 0) is 48.6 Å². The van der Waals surface area contributed by atoms with Gasteiger partial charge in [-0.2, -0.15) is 0 Å². The number of hydrogen-bond acceptors (Lipinski definition) is 5. The maximum atomic E-state index is 14.9. The van der Waals surface area contributed by atoms with E-state index in [1.807, 2.05) is 12.1 Å². The fraction of sp³-hybridized carbons (Fsp3) is 0.448. The van der Waals surface area contributed by atoms with Gasteiger partial charge >= 0.3 is 0 Å². The summed E-state index contributed by atoms with van der Waals surface area (Å²) < 4.78 is 29.7. The molecule has 1 aromatic heterocycles. The van der Waals surface area contributed by atoms with Gasteiger partial charge in [-0.3, -0.25) is 4.90 Å². The molecule has 5 aliphatic rings. The van der Waals surface area contributed by atoms with E-state index in [9.17, 15) is 14.6 Å². The van der Waals surface area contributed by atoms with Crippen LogP contribution in [0.3, 0.4) is 0 Å². The van der Waals surface area contributed by atoms with E-state index in [-0.39, 0.29) is 11.9 Å². The number of methoxy groups -OCH3 is 1. The highest BCUT2D eigenvalue weighted by Gasteiger charge is 2.73. The van der Waals surface area contributed by atoms with Crippen molar-refractivity contribution in [3.8, 4) is 11.5 Å². The molecule has 3 aromatic rings. The smallest absolute Gasteiger partial charge is 0.166 e. The molecule has 1 fully saturated rings. The molecule has 186 valence electrons. The van der Waals surface area contributed by atoms with E-state index in [0.717, 1.165) is 46.4 Å². The average Bonchev–Trinajstić information content (AvgIpc) is 3.35. The molecule has 0 amide bonds. The summed E-state index contributed by atoms with van der Waals surface area (Å²) >= 11 is 0. The van der Waals surface area contributed by atoms with E-state index in [0.29, 0.717) is 43.7 Å². The molecular weight excluding hydrogens is 459 g/mol. The van der Waals surface area contributed by atoms with Crippen LogP contribution in [0.4, 0.5) is 4.39 Å². The molecule has 36 heavy (non-hydrogen) atoms. The number of ether oxygens (including phenoxy) is 2. The van der Waals surface area contributed by atoms with Crippen LogP contribution in [0.15, 0.2) is 36.9 Å². The molecule has 2 aliphatic carbocycles. The summed E-state index contributed by atoms with van der Waals surface area (Å²) in [6.07, 6.45) is 3.18. The fourth-order valence-electron chi connectivity index (χ4n) is 8.56. The quantitative estimate of drug-likeness (QED) is 0.551. The Morgan fingerprint density at radius 3 is 2.97 bits per heavy atom. The maximum absolute atomic E-state index is 14.9. The van der Waals surface area contributed by atoms with Gasteiger partial charge in [0.15, 0.2) is 17.6 Å². The van der Waals surface area contributed by atoms with Crippen molar-refractivity contribution in [2.45, 2.75) is 61.5 Å². The number of aromatic nitrogens is 1. The van der Waals surface area contributed by atoms with Crippen LogP contribution in [-0.4, -0.2) is 51.5 Å². The van der Waals surface area contributed by atoms with Crippen molar-refractivity contribution in [1.82, 2.24) is 9.47 Å². The number of aliphatic hydroxyl groups is 2. The predicted molar refractivity (Wildman–Crippen MR) is 132 cm³/mol. The molecule has 6 nitrogen and oxygen atoms in total. The highest BCUT2D eigenvalue weighted by Crippen LogP contribution is 2.69. The highest BCUT2D eigenvalue weighted by atomic mass is 19.1. The molecule has 7 heteroatoms. The molecule has 0 saturated carbocycles. The minimum absolute atomic E-state index is 0.113. The molecule has 2 aromatic carbocycles. The summed E-state index contributed by atoms with van der Waals surface area (Å²) in [5.41, 5.74) is 4.05. The molecule has 2 bridgehead atoms. The topological polar surface area (TPSA) is 67.1 Å². The lowest BCUT2D eigenvalue weighted by molar-refractivity contribution is -0.171. The number of benzene rings is 2. The Kier molecular flexibility index (Phi) is 3.96. The van der Waals surface area contributed by atoms with Crippen molar-refractivity contribution in [2.75, 3.05) is 20.2 Å². The molecule has 5 atom stereocenters. The number of rotatable bonds is 3. The van der Waals surface area contributed by atoms with Gasteiger partial charge in [0.1, 0.15) is 5.82 Å². The SMILES string of the molecule is C=CCN1CC[C@]23c4c5ccc(OC)c4O[C@H]2c2c(c4cc(F)cc6c4n2CC[C@H]6O)C[C@@]3(O)[C@H]1C5. The van der Waals surface area contributed by atoms with Crippen LogP contribution in [0.1, 0.15) is 53.0 Å². The molecule has 0 unspecified atom stereocenters. The van der Waals surface area contributed by atoms with Gasteiger partial charge in [-0.25, -0.2) is 4.39 Å². The van der Waals surface area contributed by atoms with Crippen LogP contribution in [0.5, 0.6) is 11.5 Å². The highest BCUT2D eigenvalue weighted by molar-refractivity contribution is 5.90. The second-order valence-corrected chi connectivity index (χ2v) is 11.2. The molecule has 1 saturated heterocycles. The van der Waals surface area contributed by atoms with E-state index in [1.165, 1.54) is 11.6 Å². The fourth-order valence-corrected chi connectivity index (χ4v) is 8.56. The van der Waals surface area contributed by atoms with Crippen molar-refractivity contribution >= 4 is 10.9 Å². The summed E-state index contributed by atoms with van der Waals surface area (Å²) in [7, 11) is 1.66. The van der Waals surface area contributed by atoms with Gasteiger partial charge in [0.2, 0.25) is 0 Å². The van der Waals surface area contributed by atoms with Gasteiger partial charge in [0.25, 0.3) is 0 Å². The van der Waals surface area contributed by atoms with Gasteiger partial charge in [-0.15, -0.1) is 6.58 Å². The minimum Gasteiger partial charge on any atom is -0.493 e. The number of halogens is 1. The third-order valence-electron chi connectivity index (χ3n) is 9.87. The lowest BCUT2D eigenvalue weighted by atomic mass is 9.49. The predicted octanol–water partition coefficient (Wildman–Crippen LogP) is 3.70. The average molecular weight is 489 g/mol. The lowest BCUT2D eigenvalue weighted by Crippen LogP contribution is -2.74. The van der Waals surface area contributed by atoms with Gasteiger partial charge < -0.3 is 24.3 Å². The first kappa shape index (κ1) is 21.2. The molecule has 8 rings (SSSR count). The number of aryl methyl sites for hydroxylation is 1. The van der Waals surface area contributed by atoms with Crippen LogP contribution in [0.25, 0.3) is 10.9 Å². The first-order valence-electron chi connectivity index (χ1n) is 12.9. The van der Waals surface area contributed by atoms with Crippen LogP contribution >= 0.6 is 0 Å². The third-order valence-corrected chi connectivity index (χ3v) is 9.87. The Balaban J connectivity index is 1.48. The van der Waals surface area contributed by atoms with Crippen LogP contribution in [0, 0.1) is 5.82 Å². The van der Waals surface area contributed by atoms with Gasteiger partial charge in [0.05, 0.1) is 35.4 Å². The molecule has 0 radical (unpaired) electrons. The number of likely N-dealkylation sites (tertiary alicyclic amines) is 1. The first-order valence-corrected chi connectivity index (χ1v) is 12.9. The summed E-state index contributed by atoms with van der Waals surface area (Å²) in [4.78, 5) is 2.35. The number of aliphatic hydroxyl groups excluding tert-OH is 1. The van der Waals surface area contributed by atoms with Crippen molar-refractivity contribution < 1.29 is 24.1 Å². The maximum Gasteiger partial charge on any atom is 0.166 e. The zero-order valence-corrected chi connectivity index (χ0v) is 20.3. The van der Waals surface area contributed by atoms with Crippen molar-refractivity contribution in [2.24, 2.45) is 0 Å². The molecular formula is C29H29FN2O4. The Morgan fingerprint density at radius 1 is 1.31 bits per heavy atom. The number of hydrogen-bond donors (Lipinski definition) is 2. The summed E-state index contributed by atoms with van der Waals surface area (Å²) in [6, 6.07) is 7.03. The largest absolute Gasteiger partial charge is 0.493 e. The van der Waals surface area contributed by atoms with E-state index in [2.05, 4.69) is 22.1 Å². The second kappa shape index (κ2) is 6.71. The van der Waals surface area contributed by atoms with E-state index in [4.69, 9.17) is 9.47 Å².